The van der Waals surface area contributed by atoms with Gasteiger partial charge in [0, 0.05) is 50.0 Å². The van der Waals surface area contributed by atoms with Crippen LogP contribution in [0.4, 0.5) is 0 Å². The first-order chi connectivity index (χ1) is 27.7. The Morgan fingerprint density at radius 3 is 1.50 bits per heavy atom. The Hall–Kier alpha value is -7.63. The van der Waals surface area contributed by atoms with Crippen LogP contribution in [-0.2, 0) is 0 Å². The van der Waals surface area contributed by atoms with Gasteiger partial charge in [0.05, 0.1) is 11.0 Å². The van der Waals surface area contributed by atoms with E-state index in [1.54, 1.807) is 0 Å². The van der Waals surface area contributed by atoms with Crippen molar-refractivity contribution in [1.29, 1.82) is 0 Å². The van der Waals surface area contributed by atoms with Gasteiger partial charge in [0.25, 0.3) is 0 Å². The molecule has 11 aromatic rings. The molecule has 0 aliphatic heterocycles. The number of nitrogens with zero attached hydrogens (tertiary/aromatic N) is 4. The van der Waals surface area contributed by atoms with Crippen LogP contribution in [0.2, 0.25) is 0 Å². The second-order valence-corrected chi connectivity index (χ2v) is 14.1. The highest BCUT2D eigenvalue weighted by molar-refractivity contribution is 6.17. The lowest BCUT2D eigenvalue weighted by Gasteiger charge is -2.11. The van der Waals surface area contributed by atoms with Crippen LogP contribution in [0.15, 0.2) is 199 Å². The molecule has 8 aromatic carbocycles. The Bertz CT molecular complexity index is 3160. The molecular weight excluding hydrogens is 685 g/mol. The summed E-state index contributed by atoms with van der Waals surface area (Å²) >= 11 is 0. The molecule has 0 unspecified atom stereocenters. The smallest absolute Gasteiger partial charge is 0.164 e. The van der Waals surface area contributed by atoms with E-state index >= 15 is 0 Å². The molecule has 0 radical (unpaired) electrons. The van der Waals surface area contributed by atoms with E-state index in [4.69, 9.17) is 19.4 Å². The zero-order chi connectivity index (χ0) is 37.0. The van der Waals surface area contributed by atoms with E-state index in [9.17, 15) is 0 Å². The zero-order valence-electron chi connectivity index (χ0n) is 30.2. The second kappa shape index (κ2) is 13.0. The van der Waals surface area contributed by atoms with Crippen LogP contribution in [0.25, 0.3) is 106 Å². The van der Waals surface area contributed by atoms with E-state index in [0.29, 0.717) is 17.5 Å². The fourth-order valence-electron chi connectivity index (χ4n) is 7.90. The summed E-state index contributed by atoms with van der Waals surface area (Å²) in [5, 5.41) is 4.41. The number of para-hydroxylation sites is 1. The highest BCUT2D eigenvalue weighted by Crippen LogP contribution is 2.40. The van der Waals surface area contributed by atoms with Gasteiger partial charge in [-0.3, -0.25) is 0 Å². The van der Waals surface area contributed by atoms with Crippen molar-refractivity contribution in [2.45, 2.75) is 0 Å². The highest BCUT2D eigenvalue weighted by Gasteiger charge is 2.19. The van der Waals surface area contributed by atoms with Gasteiger partial charge in [0.1, 0.15) is 11.2 Å². The van der Waals surface area contributed by atoms with Crippen LogP contribution < -0.4 is 0 Å². The molecule has 0 aliphatic rings. The molecule has 3 heterocycles. The Morgan fingerprint density at radius 1 is 0.304 bits per heavy atom. The molecule has 5 nitrogen and oxygen atoms in total. The van der Waals surface area contributed by atoms with Crippen molar-refractivity contribution in [2.75, 3.05) is 0 Å². The fraction of sp³-hybridized carbons (Fsp3) is 0. The van der Waals surface area contributed by atoms with Gasteiger partial charge < -0.3 is 8.98 Å². The summed E-state index contributed by atoms with van der Waals surface area (Å²) in [4.78, 5) is 14.9. The van der Waals surface area contributed by atoms with Crippen molar-refractivity contribution < 1.29 is 4.42 Å². The fourth-order valence-corrected chi connectivity index (χ4v) is 7.90. The van der Waals surface area contributed by atoms with Crippen molar-refractivity contribution in [2.24, 2.45) is 0 Å². The van der Waals surface area contributed by atoms with Gasteiger partial charge in [-0.2, -0.15) is 0 Å². The molecule has 11 rings (SSSR count). The third kappa shape index (κ3) is 5.45. The Labute approximate surface area is 322 Å². The highest BCUT2D eigenvalue weighted by atomic mass is 16.3. The Morgan fingerprint density at radius 2 is 0.821 bits per heavy atom. The summed E-state index contributed by atoms with van der Waals surface area (Å²) in [5.74, 6) is 1.88. The van der Waals surface area contributed by atoms with E-state index in [1.807, 2.05) is 72.8 Å². The minimum absolute atomic E-state index is 0.612. The Balaban J connectivity index is 1.04. The normalized spacial score (nSPS) is 11.6. The van der Waals surface area contributed by atoms with Gasteiger partial charge in [0.2, 0.25) is 0 Å². The summed E-state index contributed by atoms with van der Waals surface area (Å²) in [6.07, 6.45) is 0. The standard InChI is InChI=1S/C51H32N4O/c1-4-13-33(14-5-1)34-23-25-35(26-24-34)38-19-12-20-40(29-38)55-45-22-11-10-21-41(45)42-31-44-43-30-39(27-28-47(43)56-48(44)32-46(42)55)51-53-49(36-15-6-2-7-16-36)52-50(54-51)37-17-8-3-9-18-37/h1-32H. The molecule has 3 aromatic heterocycles. The number of aromatic nitrogens is 4. The number of benzene rings is 8. The number of rotatable bonds is 6. The third-order valence-electron chi connectivity index (χ3n) is 10.7. The van der Waals surface area contributed by atoms with Crippen LogP contribution >= 0.6 is 0 Å². The first-order valence-electron chi connectivity index (χ1n) is 18.8. The SMILES string of the molecule is c1ccc(-c2ccc(-c3cccc(-n4c5ccccc5c5cc6c(cc54)oc4ccc(-c5nc(-c7ccccc7)nc(-c7ccccc7)n5)cc46)c3)cc2)cc1. The van der Waals surface area contributed by atoms with Crippen molar-refractivity contribution in [3.63, 3.8) is 0 Å². The predicted molar refractivity (Wildman–Crippen MR) is 229 cm³/mol. The molecule has 262 valence electrons. The number of hydrogen-bond donors (Lipinski definition) is 0. The van der Waals surface area contributed by atoms with Crippen LogP contribution in [0.1, 0.15) is 0 Å². The largest absolute Gasteiger partial charge is 0.456 e. The first-order valence-corrected chi connectivity index (χ1v) is 18.8. The van der Waals surface area contributed by atoms with Crippen LogP contribution in [0, 0.1) is 0 Å². The van der Waals surface area contributed by atoms with Crippen molar-refractivity contribution in [1.82, 2.24) is 19.5 Å². The molecule has 5 heteroatoms. The molecule has 0 saturated heterocycles. The van der Waals surface area contributed by atoms with Crippen molar-refractivity contribution in [3.05, 3.63) is 194 Å². The van der Waals surface area contributed by atoms with Gasteiger partial charge in [-0.25, -0.2) is 15.0 Å². The molecule has 0 N–H and O–H groups in total. The Kier molecular flexibility index (Phi) is 7.42. The molecule has 0 saturated carbocycles. The minimum atomic E-state index is 0.612. The van der Waals surface area contributed by atoms with E-state index in [-0.39, 0.29) is 0 Å². The molecular formula is C51H32N4O. The summed E-state index contributed by atoms with van der Waals surface area (Å²) in [6.45, 7) is 0. The van der Waals surface area contributed by atoms with E-state index < -0.39 is 0 Å². The lowest BCUT2D eigenvalue weighted by molar-refractivity contribution is 0.669. The topological polar surface area (TPSA) is 56.7 Å². The van der Waals surface area contributed by atoms with Crippen molar-refractivity contribution in [3.8, 4) is 62.1 Å². The summed E-state index contributed by atoms with van der Waals surface area (Å²) in [6, 6.07) is 67.6. The average Bonchev–Trinajstić information content (AvgIpc) is 3.80. The maximum Gasteiger partial charge on any atom is 0.164 e. The van der Waals surface area contributed by atoms with E-state index in [1.165, 1.54) is 22.1 Å². The molecule has 0 amide bonds. The molecule has 0 aliphatic carbocycles. The maximum absolute atomic E-state index is 6.60. The lowest BCUT2D eigenvalue weighted by atomic mass is 10.00. The summed E-state index contributed by atoms with van der Waals surface area (Å²) < 4.78 is 8.95. The lowest BCUT2D eigenvalue weighted by Crippen LogP contribution is -2.00. The van der Waals surface area contributed by atoms with Gasteiger partial charge in [-0.15, -0.1) is 0 Å². The zero-order valence-corrected chi connectivity index (χ0v) is 30.2. The average molecular weight is 717 g/mol. The molecule has 0 atom stereocenters. The third-order valence-corrected chi connectivity index (χ3v) is 10.7. The van der Waals surface area contributed by atoms with Gasteiger partial charge in [-0.1, -0.05) is 146 Å². The van der Waals surface area contributed by atoms with Crippen molar-refractivity contribution >= 4 is 43.7 Å². The quantitative estimate of drug-likeness (QED) is 0.172. The molecule has 0 fully saturated rings. The van der Waals surface area contributed by atoms with Gasteiger partial charge in [-0.05, 0) is 64.7 Å². The predicted octanol–water partition coefficient (Wildman–Crippen LogP) is 13.2. The minimum Gasteiger partial charge on any atom is -0.456 e. The van der Waals surface area contributed by atoms with E-state index in [2.05, 4.69) is 126 Å². The van der Waals surface area contributed by atoms with Crippen LogP contribution in [0.5, 0.6) is 0 Å². The summed E-state index contributed by atoms with van der Waals surface area (Å²) in [5.41, 5.74) is 12.5. The van der Waals surface area contributed by atoms with Crippen LogP contribution in [-0.4, -0.2) is 19.5 Å². The van der Waals surface area contributed by atoms with Gasteiger partial charge >= 0.3 is 0 Å². The summed E-state index contributed by atoms with van der Waals surface area (Å²) in [7, 11) is 0. The van der Waals surface area contributed by atoms with E-state index in [0.717, 1.165) is 66.3 Å². The number of furan rings is 1. The maximum atomic E-state index is 6.60. The monoisotopic (exact) mass is 716 g/mol. The van der Waals surface area contributed by atoms with Crippen LogP contribution in [0.3, 0.4) is 0 Å². The molecule has 56 heavy (non-hydrogen) atoms. The van der Waals surface area contributed by atoms with Gasteiger partial charge in [0.15, 0.2) is 17.5 Å². The first kappa shape index (κ1) is 31.9. The second-order valence-electron chi connectivity index (χ2n) is 14.1. The number of fused-ring (bicyclic) bond motifs is 6. The molecule has 0 spiro atoms. The molecule has 0 bridgehead atoms. The number of hydrogen-bond acceptors (Lipinski definition) is 4.